The van der Waals surface area contributed by atoms with Crippen LogP contribution in [0.4, 0.5) is 11.4 Å². The summed E-state index contributed by atoms with van der Waals surface area (Å²) in [5.41, 5.74) is 0.489. The third-order valence-electron chi connectivity index (χ3n) is 4.40. The summed E-state index contributed by atoms with van der Waals surface area (Å²) in [6.45, 7) is 0. The van der Waals surface area contributed by atoms with Crippen LogP contribution in [0.1, 0.15) is 19.3 Å². The zero-order valence-electron chi connectivity index (χ0n) is 15.8. The summed E-state index contributed by atoms with van der Waals surface area (Å²) in [6.07, 6.45) is 1.09. The van der Waals surface area contributed by atoms with E-state index < -0.39 is 10.0 Å². The first-order valence-corrected chi connectivity index (χ1v) is 10.5. The maximum atomic E-state index is 12.8. The lowest BCUT2D eigenvalue weighted by Gasteiger charge is -2.25. The van der Waals surface area contributed by atoms with Crippen molar-refractivity contribution in [3.63, 3.8) is 0 Å². The zero-order valence-corrected chi connectivity index (χ0v) is 17.3. The minimum Gasteiger partial charge on any atom is -0.495 e. The molecule has 0 atom stereocenters. The van der Waals surface area contributed by atoms with Gasteiger partial charge in [-0.25, -0.2) is 8.42 Å². The SMILES string of the molecule is COc1cc(NS(=O)(=O)c2ccc(N3C(=O)CCCC3=O)cc2)c(OC)cc1Cl. The third-order valence-corrected chi connectivity index (χ3v) is 6.08. The maximum absolute atomic E-state index is 12.8. The standard InChI is InChI=1S/C19H19ClN2O6S/c1-27-16-11-15(17(28-2)10-14(16)20)21-29(25,26)13-8-6-12(7-9-13)22-18(23)4-3-5-19(22)24/h6-11,21H,3-5H2,1-2H3. The highest BCUT2D eigenvalue weighted by atomic mass is 35.5. The fraction of sp³-hybridized carbons (Fsp3) is 0.263. The number of ether oxygens (including phenoxy) is 2. The Bertz CT molecular complexity index is 1040. The van der Waals surface area contributed by atoms with Crippen molar-refractivity contribution in [2.45, 2.75) is 24.2 Å². The van der Waals surface area contributed by atoms with Crippen molar-refractivity contribution < 1.29 is 27.5 Å². The number of hydrogen-bond donors (Lipinski definition) is 1. The molecule has 1 heterocycles. The van der Waals surface area contributed by atoms with Crippen molar-refractivity contribution >= 4 is 44.8 Å². The molecule has 3 rings (SSSR count). The van der Waals surface area contributed by atoms with Crippen molar-refractivity contribution in [2.75, 3.05) is 23.8 Å². The van der Waals surface area contributed by atoms with Gasteiger partial charge in [-0.2, -0.15) is 0 Å². The normalized spacial score (nSPS) is 14.7. The molecule has 0 aromatic heterocycles. The van der Waals surface area contributed by atoms with Crippen molar-refractivity contribution in [3.8, 4) is 11.5 Å². The lowest BCUT2D eigenvalue weighted by Crippen LogP contribution is -2.40. The molecule has 1 aliphatic rings. The third kappa shape index (κ3) is 4.30. The second kappa shape index (κ2) is 8.30. The molecule has 154 valence electrons. The van der Waals surface area contributed by atoms with Crippen LogP contribution in [-0.2, 0) is 19.6 Å². The molecule has 1 aliphatic heterocycles. The number of halogens is 1. The van der Waals surface area contributed by atoms with Gasteiger partial charge < -0.3 is 9.47 Å². The van der Waals surface area contributed by atoms with E-state index in [1.807, 2.05) is 0 Å². The van der Waals surface area contributed by atoms with E-state index in [1.54, 1.807) is 0 Å². The number of carbonyl (C=O) groups is 2. The van der Waals surface area contributed by atoms with E-state index >= 15 is 0 Å². The number of rotatable bonds is 6. The predicted molar refractivity (Wildman–Crippen MR) is 108 cm³/mol. The largest absolute Gasteiger partial charge is 0.495 e. The van der Waals surface area contributed by atoms with Gasteiger partial charge in [-0.05, 0) is 30.7 Å². The van der Waals surface area contributed by atoms with Crippen LogP contribution >= 0.6 is 11.6 Å². The highest BCUT2D eigenvalue weighted by Crippen LogP contribution is 2.37. The number of amides is 2. The zero-order chi connectivity index (χ0) is 21.2. The molecule has 2 amide bonds. The van der Waals surface area contributed by atoms with Crippen LogP contribution in [0.3, 0.4) is 0 Å². The number of nitrogens with one attached hydrogen (secondary N) is 1. The van der Waals surface area contributed by atoms with Gasteiger partial charge in [-0.1, -0.05) is 11.6 Å². The van der Waals surface area contributed by atoms with Crippen LogP contribution in [0.5, 0.6) is 11.5 Å². The van der Waals surface area contributed by atoms with Gasteiger partial charge >= 0.3 is 0 Å². The van der Waals surface area contributed by atoms with E-state index in [9.17, 15) is 18.0 Å². The van der Waals surface area contributed by atoms with Gasteiger partial charge in [-0.3, -0.25) is 19.2 Å². The molecule has 2 aromatic carbocycles. The van der Waals surface area contributed by atoms with Crippen molar-refractivity contribution in [1.82, 2.24) is 0 Å². The van der Waals surface area contributed by atoms with E-state index in [4.69, 9.17) is 21.1 Å². The van der Waals surface area contributed by atoms with Crippen molar-refractivity contribution in [2.24, 2.45) is 0 Å². The van der Waals surface area contributed by atoms with Gasteiger partial charge in [0.15, 0.2) is 0 Å². The fourth-order valence-electron chi connectivity index (χ4n) is 2.96. The lowest BCUT2D eigenvalue weighted by molar-refractivity contribution is -0.129. The predicted octanol–water partition coefficient (Wildman–Crippen LogP) is 3.20. The Hall–Kier alpha value is -2.78. The Morgan fingerprint density at radius 2 is 1.55 bits per heavy atom. The number of benzene rings is 2. The minimum atomic E-state index is -3.98. The Morgan fingerprint density at radius 1 is 0.966 bits per heavy atom. The smallest absolute Gasteiger partial charge is 0.262 e. The van der Waals surface area contributed by atoms with Crippen LogP contribution < -0.4 is 19.1 Å². The van der Waals surface area contributed by atoms with Gasteiger partial charge in [0, 0.05) is 25.0 Å². The molecule has 10 heteroatoms. The number of piperidine rings is 1. The molecule has 0 aliphatic carbocycles. The molecule has 0 bridgehead atoms. The van der Waals surface area contributed by atoms with Crippen LogP contribution in [0.2, 0.25) is 5.02 Å². The summed E-state index contributed by atoms with van der Waals surface area (Å²) in [7, 11) is -1.18. The first-order chi connectivity index (χ1) is 13.8. The molecule has 0 spiro atoms. The van der Waals surface area contributed by atoms with Crippen LogP contribution in [0.25, 0.3) is 0 Å². The topological polar surface area (TPSA) is 102 Å². The van der Waals surface area contributed by atoms with Crippen molar-refractivity contribution in [1.29, 1.82) is 0 Å². The maximum Gasteiger partial charge on any atom is 0.262 e. The molecule has 0 unspecified atom stereocenters. The average molecular weight is 439 g/mol. The first kappa shape index (κ1) is 20.9. The Kier molecular flexibility index (Phi) is 5.99. The number of nitrogens with zero attached hydrogens (tertiary/aromatic N) is 1. The average Bonchev–Trinajstić information content (AvgIpc) is 2.69. The molecular formula is C19H19ClN2O6S. The number of methoxy groups -OCH3 is 2. The number of sulfonamides is 1. The Morgan fingerprint density at radius 3 is 2.10 bits per heavy atom. The van der Waals surface area contributed by atoms with E-state index in [0.717, 1.165) is 4.90 Å². The first-order valence-electron chi connectivity index (χ1n) is 8.67. The summed E-state index contributed by atoms with van der Waals surface area (Å²) in [5.74, 6) is -0.0934. The second-order valence-electron chi connectivity index (χ2n) is 6.26. The molecule has 2 aromatic rings. The summed E-state index contributed by atoms with van der Waals surface area (Å²) in [6, 6.07) is 8.36. The van der Waals surface area contributed by atoms with E-state index in [0.29, 0.717) is 12.1 Å². The van der Waals surface area contributed by atoms with Crippen molar-refractivity contribution in [3.05, 3.63) is 41.4 Å². The summed E-state index contributed by atoms with van der Waals surface area (Å²) in [5, 5.41) is 0.271. The van der Waals surface area contributed by atoms with Gasteiger partial charge in [0.25, 0.3) is 10.0 Å². The molecule has 1 N–H and O–H groups in total. The molecular weight excluding hydrogens is 420 g/mol. The molecule has 8 nitrogen and oxygen atoms in total. The summed E-state index contributed by atoms with van der Waals surface area (Å²) >= 11 is 6.04. The molecule has 1 fully saturated rings. The van der Waals surface area contributed by atoms with Crippen LogP contribution in [0, 0.1) is 0 Å². The lowest BCUT2D eigenvalue weighted by atomic mass is 10.1. The van der Waals surface area contributed by atoms with Crippen LogP contribution in [-0.4, -0.2) is 34.5 Å². The highest BCUT2D eigenvalue weighted by Gasteiger charge is 2.28. The number of anilines is 2. The molecule has 0 radical (unpaired) electrons. The van der Waals surface area contributed by atoms with E-state index in [-0.39, 0.29) is 51.8 Å². The molecule has 1 saturated heterocycles. The summed E-state index contributed by atoms with van der Waals surface area (Å²) in [4.78, 5) is 25.1. The Balaban J connectivity index is 1.89. The Labute approximate surface area is 173 Å². The fourth-order valence-corrected chi connectivity index (χ4v) is 4.25. The highest BCUT2D eigenvalue weighted by molar-refractivity contribution is 7.92. The minimum absolute atomic E-state index is 0.0471. The number of carbonyl (C=O) groups excluding carboxylic acids is 2. The van der Waals surface area contributed by atoms with Gasteiger partial charge in [0.05, 0.1) is 35.5 Å². The van der Waals surface area contributed by atoms with E-state index in [1.165, 1.54) is 50.6 Å². The van der Waals surface area contributed by atoms with Crippen LogP contribution in [0.15, 0.2) is 41.3 Å². The quantitative estimate of drug-likeness (QED) is 0.695. The van der Waals surface area contributed by atoms with Gasteiger partial charge in [-0.15, -0.1) is 0 Å². The second-order valence-corrected chi connectivity index (χ2v) is 8.35. The van der Waals surface area contributed by atoms with Gasteiger partial charge in [0.2, 0.25) is 11.8 Å². The number of imide groups is 1. The van der Waals surface area contributed by atoms with Gasteiger partial charge in [0.1, 0.15) is 11.5 Å². The number of hydrogen-bond acceptors (Lipinski definition) is 6. The van der Waals surface area contributed by atoms with E-state index in [2.05, 4.69) is 4.72 Å². The summed E-state index contributed by atoms with van der Waals surface area (Å²) < 4.78 is 38.3. The monoisotopic (exact) mass is 438 g/mol. The molecule has 29 heavy (non-hydrogen) atoms. The molecule has 0 saturated carbocycles.